The first-order chi connectivity index (χ1) is 14.0. The summed E-state index contributed by atoms with van der Waals surface area (Å²) in [7, 11) is 1.69. The van der Waals surface area contributed by atoms with Crippen LogP contribution in [0.15, 0.2) is 60.0 Å². The van der Waals surface area contributed by atoms with Gasteiger partial charge in [0.25, 0.3) is 0 Å². The molecule has 1 N–H and O–H groups in total. The zero-order valence-electron chi connectivity index (χ0n) is 17.4. The first-order valence-electron chi connectivity index (χ1n) is 9.76. The van der Waals surface area contributed by atoms with E-state index in [9.17, 15) is 0 Å². The van der Waals surface area contributed by atoms with Crippen molar-refractivity contribution in [2.75, 3.05) is 12.4 Å². The van der Waals surface area contributed by atoms with Gasteiger partial charge in [0.05, 0.1) is 7.11 Å². The van der Waals surface area contributed by atoms with Gasteiger partial charge in [0.15, 0.2) is 5.11 Å². The Kier molecular flexibility index (Phi) is 7.29. The number of hydrogen-bond donors (Lipinski definition) is 1. The predicted molar refractivity (Wildman–Crippen MR) is 128 cm³/mol. The van der Waals surface area contributed by atoms with Crippen molar-refractivity contribution >= 4 is 34.4 Å². The molecule has 152 valence electrons. The molecule has 0 unspecified atom stereocenters. The van der Waals surface area contributed by atoms with Crippen molar-refractivity contribution in [3.63, 3.8) is 0 Å². The topological polar surface area (TPSA) is 24.5 Å². The average Bonchev–Trinajstić information content (AvgIpc) is 3.22. The van der Waals surface area contributed by atoms with E-state index >= 15 is 0 Å². The summed E-state index contributed by atoms with van der Waals surface area (Å²) in [6.07, 6.45) is 0.961. The molecule has 0 aliphatic carbocycles. The fourth-order valence-electron chi connectivity index (χ4n) is 3.20. The summed E-state index contributed by atoms with van der Waals surface area (Å²) >= 11 is 7.64. The molecule has 0 fully saturated rings. The summed E-state index contributed by atoms with van der Waals surface area (Å²) in [4.78, 5) is 3.64. The first kappa shape index (κ1) is 21.3. The maximum Gasteiger partial charge on any atom is 0.173 e. The number of nitrogens with zero attached hydrogens (tertiary/aromatic N) is 1. The summed E-state index contributed by atoms with van der Waals surface area (Å²) in [5.41, 5.74) is 4.77. The molecule has 0 aliphatic heterocycles. The van der Waals surface area contributed by atoms with Crippen molar-refractivity contribution in [3.05, 3.63) is 81.5 Å². The minimum atomic E-state index is 0.266. The molecule has 1 atom stereocenters. The number of anilines is 1. The fourth-order valence-corrected chi connectivity index (χ4v) is 4.39. The molecule has 3 nitrogen and oxygen atoms in total. The van der Waals surface area contributed by atoms with E-state index in [1.54, 1.807) is 18.4 Å². The van der Waals surface area contributed by atoms with Gasteiger partial charge in [-0.15, -0.1) is 11.3 Å². The highest BCUT2D eigenvalue weighted by Crippen LogP contribution is 2.21. The van der Waals surface area contributed by atoms with Gasteiger partial charge in [0.2, 0.25) is 0 Å². The lowest BCUT2D eigenvalue weighted by Gasteiger charge is -2.32. The SMILES string of the molecule is COc1ccc(CN(C(=S)Nc2ccc(C)c(C)c2)[C@H](C)Cc2cccs2)cc1. The van der Waals surface area contributed by atoms with Crippen LogP contribution in [0, 0.1) is 13.8 Å². The molecule has 29 heavy (non-hydrogen) atoms. The molecule has 5 heteroatoms. The summed E-state index contributed by atoms with van der Waals surface area (Å²) in [6.45, 7) is 7.22. The fraction of sp³-hybridized carbons (Fsp3) is 0.292. The molecule has 0 amide bonds. The van der Waals surface area contributed by atoms with Gasteiger partial charge in [-0.3, -0.25) is 0 Å². The Balaban J connectivity index is 1.79. The number of rotatable bonds is 7. The lowest BCUT2D eigenvalue weighted by atomic mass is 10.1. The van der Waals surface area contributed by atoms with Gasteiger partial charge in [0, 0.05) is 29.6 Å². The van der Waals surface area contributed by atoms with Crippen LogP contribution in [0.1, 0.15) is 28.5 Å². The van der Waals surface area contributed by atoms with E-state index < -0.39 is 0 Å². The Labute approximate surface area is 183 Å². The second kappa shape index (κ2) is 9.90. The van der Waals surface area contributed by atoms with Gasteiger partial charge < -0.3 is 15.0 Å². The number of thiocarbonyl (C=S) groups is 1. The van der Waals surface area contributed by atoms with E-state index in [4.69, 9.17) is 17.0 Å². The Morgan fingerprint density at radius 1 is 1.10 bits per heavy atom. The molecule has 0 bridgehead atoms. The van der Waals surface area contributed by atoms with Crippen molar-refractivity contribution < 1.29 is 4.74 Å². The molecular weight excluding hydrogens is 396 g/mol. The van der Waals surface area contributed by atoms with E-state index in [2.05, 4.69) is 78.8 Å². The summed E-state index contributed by atoms with van der Waals surface area (Å²) in [6, 6.07) is 19.1. The second-order valence-electron chi connectivity index (χ2n) is 7.34. The van der Waals surface area contributed by atoms with Gasteiger partial charge in [-0.25, -0.2) is 0 Å². The Morgan fingerprint density at radius 3 is 2.48 bits per heavy atom. The summed E-state index contributed by atoms with van der Waals surface area (Å²) in [5.74, 6) is 0.864. The van der Waals surface area contributed by atoms with Crippen molar-refractivity contribution in [2.24, 2.45) is 0 Å². The minimum absolute atomic E-state index is 0.266. The summed E-state index contributed by atoms with van der Waals surface area (Å²) in [5, 5.41) is 6.32. The lowest BCUT2D eigenvalue weighted by Crippen LogP contribution is -2.41. The Morgan fingerprint density at radius 2 is 1.86 bits per heavy atom. The second-order valence-corrected chi connectivity index (χ2v) is 8.76. The summed E-state index contributed by atoms with van der Waals surface area (Å²) < 4.78 is 5.29. The van der Waals surface area contributed by atoms with Gasteiger partial charge in [-0.1, -0.05) is 24.3 Å². The van der Waals surface area contributed by atoms with E-state index in [-0.39, 0.29) is 6.04 Å². The zero-order valence-corrected chi connectivity index (χ0v) is 19.1. The number of benzene rings is 2. The van der Waals surface area contributed by atoms with E-state index in [1.165, 1.54) is 21.6 Å². The standard InChI is InChI=1S/C24H28N2OS2/c1-17-7-10-21(14-18(17)2)25-24(28)26(19(3)15-23-6-5-13-29-23)16-20-8-11-22(27-4)12-9-20/h5-14,19H,15-16H2,1-4H3,(H,25,28)/t19-/m1/s1. The number of ether oxygens (including phenoxy) is 1. The minimum Gasteiger partial charge on any atom is -0.497 e. The van der Waals surface area contributed by atoms with Gasteiger partial charge >= 0.3 is 0 Å². The molecule has 0 saturated heterocycles. The third-order valence-electron chi connectivity index (χ3n) is 5.14. The van der Waals surface area contributed by atoms with Crippen LogP contribution in [-0.2, 0) is 13.0 Å². The van der Waals surface area contributed by atoms with Crippen molar-refractivity contribution in [2.45, 2.75) is 39.8 Å². The van der Waals surface area contributed by atoms with Gasteiger partial charge in [-0.05, 0) is 85.4 Å². The average molecular weight is 425 g/mol. The molecule has 3 aromatic rings. The zero-order chi connectivity index (χ0) is 20.8. The van der Waals surface area contributed by atoms with Crippen LogP contribution >= 0.6 is 23.6 Å². The van der Waals surface area contributed by atoms with Crippen molar-refractivity contribution in [1.29, 1.82) is 0 Å². The van der Waals surface area contributed by atoms with Crippen molar-refractivity contribution in [1.82, 2.24) is 4.90 Å². The van der Waals surface area contributed by atoms with E-state index in [0.29, 0.717) is 0 Å². The van der Waals surface area contributed by atoms with Crippen LogP contribution < -0.4 is 10.1 Å². The van der Waals surface area contributed by atoms with Crippen molar-refractivity contribution in [3.8, 4) is 5.75 Å². The number of hydrogen-bond acceptors (Lipinski definition) is 3. The lowest BCUT2D eigenvalue weighted by molar-refractivity contribution is 0.326. The molecule has 0 radical (unpaired) electrons. The number of nitrogens with one attached hydrogen (secondary N) is 1. The Bertz CT molecular complexity index is 936. The molecule has 3 rings (SSSR count). The monoisotopic (exact) mass is 424 g/mol. The Hall–Kier alpha value is -2.37. The number of methoxy groups -OCH3 is 1. The van der Waals surface area contributed by atoms with Crippen LogP contribution in [0.3, 0.4) is 0 Å². The predicted octanol–water partition coefficient (Wildman–Crippen LogP) is 6.20. The third-order valence-corrected chi connectivity index (χ3v) is 6.38. The molecule has 1 aromatic heterocycles. The molecule has 1 heterocycles. The molecule has 0 spiro atoms. The van der Waals surface area contributed by atoms with E-state index in [1.807, 2.05) is 12.1 Å². The molecular formula is C24H28N2OS2. The van der Waals surface area contributed by atoms with Crippen LogP contribution in [0.25, 0.3) is 0 Å². The maximum absolute atomic E-state index is 5.85. The van der Waals surface area contributed by atoms with Crippen LogP contribution in [0.5, 0.6) is 5.75 Å². The highest BCUT2D eigenvalue weighted by atomic mass is 32.1. The highest BCUT2D eigenvalue weighted by Gasteiger charge is 2.19. The number of aryl methyl sites for hydroxylation is 2. The molecule has 0 saturated carbocycles. The van der Waals surface area contributed by atoms with Gasteiger partial charge in [0.1, 0.15) is 5.75 Å². The quantitative estimate of drug-likeness (QED) is 0.456. The largest absolute Gasteiger partial charge is 0.497 e. The third kappa shape index (κ3) is 5.81. The van der Waals surface area contributed by atoms with Crippen LogP contribution in [-0.4, -0.2) is 23.2 Å². The normalized spacial score (nSPS) is 11.7. The van der Waals surface area contributed by atoms with E-state index in [0.717, 1.165) is 29.5 Å². The van der Waals surface area contributed by atoms with Gasteiger partial charge in [-0.2, -0.15) is 0 Å². The molecule has 0 aliphatic rings. The number of thiophene rings is 1. The van der Waals surface area contributed by atoms with Crippen LogP contribution in [0.2, 0.25) is 0 Å². The maximum atomic E-state index is 5.85. The first-order valence-corrected chi connectivity index (χ1v) is 11.0. The smallest absolute Gasteiger partial charge is 0.173 e. The highest BCUT2D eigenvalue weighted by molar-refractivity contribution is 7.80. The van der Waals surface area contributed by atoms with Crippen LogP contribution in [0.4, 0.5) is 5.69 Å². The molecule has 2 aromatic carbocycles.